The number of alkyl halides is 3. The van der Waals surface area contributed by atoms with Crippen LogP contribution in [0.4, 0.5) is 19.0 Å². The lowest BCUT2D eigenvalue weighted by Crippen LogP contribution is -2.26. The zero-order chi connectivity index (χ0) is 15.4. The van der Waals surface area contributed by atoms with Crippen molar-refractivity contribution in [2.45, 2.75) is 12.6 Å². The normalized spacial score (nSPS) is 27.6. The molecule has 1 aliphatic carbocycles. The van der Waals surface area contributed by atoms with E-state index in [0.717, 1.165) is 6.07 Å². The van der Waals surface area contributed by atoms with Crippen LogP contribution in [0.15, 0.2) is 6.07 Å². The van der Waals surface area contributed by atoms with Crippen molar-refractivity contribution < 1.29 is 23.1 Å². The Bertz CT molecular complexity index is 584. The number of fused-ring (bicyclic) bond motifs is 1. The highest BCUT2D eigenvalue weighted by molar-refractivity contribution is 6.28. The van der Waals surface area contributed by atoms with Gasteiger partial charge in [0.1, 0.15) is 5.82 Å². The van der Waals surface area contributed by atoms with E-state index in [0.29, 0.717) is 13.1 Å². The molecule has 5 nitrogen and oxygen atoms in total. The van der Waals surface area contributed by atoms with Crippen LogP contribution in [-0.2, 0) is 11.0 Å². The standard InChI is InChI=1S/C12H11ClF3N3O2/c13-11-17-8(12(14,15)16)2-9(18-11)19-3-6-5(1-10(20)21)7(6)4-19/h2,5-7H,1,3-4H2,(H,20,21)/t5?,6-,7+. The van der Waals surface area contributed by atoms with E-state index in [1.165, 1.54) is 0 Å². The lowest BCUT2D eigenvalue weighted by Gasteiger charge is -2.21. The molecule has 21 heavy (non-hydrogen) atoms. The third kappa shape index (κ3) is 2.76. The van der Waals surface area contributed by atoms with Gasteiger partial charge in [0.15, 0.2) is 5.69 Å². The van der Waals surface area contributed by atoms with Crippen LogP contribution >= 0.6 is 11.6 Å². The number of carbonyl (C=O) groups is 1. The number of hydrogen-bond donors (Lipinski definition) is 1. The van der Waals surface area contributed by atoms with Crippen molar-refractivity contribution in [3.05, 3.63) is 17.0 Å². The van der Waals surface area contributed by atoms with Crippen molar-refractivity contribution in [1.29, 1.82) is 0 Å². The summed E-state index contributed by atoms with van der Waals surface area (Å²) in [6, 6.07) is 0.878. The van der Waals surface area contributed by atoms with Crippen molar-refractivity contribution >= 4 is 23.4 Å². The summed E-state index contributed by atoms with van der Waals surface area (Å²) in [6.07, 6.45) is -4.46. The molecule has 1 aliphatic heterocycles. The smallest absolute Gasteiger partial charge is 0.433 e. The largest absolute Gasteiger partial charge is 0.481 e. The van der Waals surface area contributed by atoms with Crippen LogP contribution in [0.2, 0.25) is 5.28 Å². The average molecular weight is 322 g/mol. The number of aliphatic carboxylic acids is 1. The topological polar surface area (TPSA) is 66.3 Å². The molecule has 0 spiro atoms. The summed E-state index contributed by atoms with van der Waals surface area (Å²) in [7, 11) is 0. The third-order valence-corrected chi connectivity index (χ3v) is 4.25. The maximum absolute atomic E-state index is 12.7. The van der Waals surface area contributed by atoms with Crippen LogP contribution in [0.5, 0.6) is 0 Å². The summed E-state index contributed by atoms with van der Waals surface area (Å²) in [5.74, 6) is -0.152. The zero-order valence-electron chi connectivity index (χ0n) is 10.6. The molecule has 2 aliphatic rings. The summed E-state index contributed by atoms with van der Waals surface area (Å²) >= 11 is 5.55. The van der Waals surface area contributed by atoms with E-state index in [4.69, 9.17) is 16.7 Å². The molecular weight excluding hydrogens is 311 g/mol. The van der Waals surface area contributed by atoms with Crippen molar-refractivity contribution in [3.63, 3.8) is 0 Å². The van der Waals surface area contributed by atoms with Gasteiger partial charge in [0, 0.05) is 25.6 Å². The Morgan fingerprint density at radius 3 is 2.52 bits per heavy atom. The van der Waals surface area contributed by atoms with Gasteiger partial charge >= 0.3 is 12.1 Å². The number of anilines is 1. The minimum Gasteiger partial charge on any atom is -0.481 e. The lowest BCUT2D eigenvalue weighted by molar-refractivity contribution is -0.141. The Hall–Kier alpha value is -1.57. The zero-order valence-corrected chi connectivity index (χ0v) is 11.4. The van der Waals surface area contributed by atoms with Gasteiger partial charge in [0.05, 0.1) is 0 Å². The van der Waals surface area contributed by atoms with E-state index < -0.39 is 23.1 Å². The maximum atomic E-state index is 12.7. The van der Waals surface area contributed by atoms with Crippen LogP contribution in [0.1, 0.15) is 12.1 Å². The molecule has 1 unspecified atom stereocenters. The summed E-state index contributed by atoms with van der Waals surface area (Å²) in [5.41, 5.74) is -1.07. The van der Waals surface area contributed by atoms with E-state index in [2.05, 4.69) is 9.97 Å². The van der Waals surface area contributed by atoms with Gasteiger partial charge < -0.3 is 10.0 Å². The van der Waals surface area contributed by atoms with Gasteiger partial charge in [-0.25, -0.2) is 9.97 Å². The number of carboxylic acids is 1. The summed E-state index contributed by atoms with van der Waals surface area (Å²) in [4.78, 5) is 19.4. The minimum atomic E-state index is -4.57. The first-order valence-corrected chi connectivity index (χ1v) is 6.72. The third-order valence-electron chi connectivity index (χ3n) is 4.08. The van der Waals surface area contributed by atoms with Gasteiger partial charge in [-0.05, 0) is 29.4 Å². The highest BCUT2D eigenvalue weighted by Crippen LogP contribution is 2.54. The molecule has 3 atom stereocenters. The van der Waals surface area contributed by atoms with E-state index in [-0.39, 0.29) is 30.0 Å². The van der Waals surface area contributed by atoms with Gasteiger partial charge in [-0.1, -0.05) is 0 Å². The first-order chi connectivity index (χ1) is 9.75. The molecule has 9 heteroatoms. The average Bonchev–Trinajstić information content (AvgIpc) is 2.83. The molecule has 1 N–H and O–H groups in total. The fourth-order valence-electron chi connectivity index (χ4n) is 3.05. The van der Waals surface area contributed by atoms with Gasteiger partial charge in [-0.15, -0.1) is 0 Å². The fourth-order valence-corrected chi connectivity index (χ4v) is 3.23. The van der Waals surface area contributed by atoms with Crippen LogP contribution < -0.4 is 4.90 Å². The number of piperidine rings is 1. The Kier molecular flexibility index (Phi) is 3.23. The first kappa shape index (κ1) is 14.4. The summed E-state index contributed by atoms with van der Waals surface area (Å²) in [6.45, 7) is 1.01. The maximum Gasteiger partial charge on any atom is 0.433 e. The Morgan fingerprint density at radius 2 is 2.00 bits per heavy atom. The van der Waals surface area contributed by atoms with Crippen molar-refractivity contribution in [2.24, 2.45) is 17.8 Å². The summed E-state index contributed by atoms with van der Waals surface area (Å²) < 4.78 is 38.1. The second-order valence-corrected chi connectivity index (χ2v) is 5.71. The molecule has 2 heterocycles. The molecule has 3 rings (SSSR count). The highest BCUT2D eigenvalue weighted by Gasteiger charge is 2.56. The summed E-state index contributed by atoms with van der Waals surface area (Å²) in [5, 5.41) is 8.31. The van der Waals surface area contributed by atoms with E-state index in [1.54, 1.807) is 4.90 Å². The molecule has 0 aromatic carbocycles. The predicted molar refractivity (Wildman–Crippen MR) is 67.0 cm³/mol. The second kappa shape index (κ2) is 4.72. The number of hydrogen-bond acceptors (Lipinski definition) is 4. The molecule has 2 fully saturated rings. The fraction of sp³-hybridized carbons (Fsp3) is 0.583. The monoisotopic (exact) mass is 321 g/mol. The number of halogens is 4. The quantitative estimate of drug-likeness (QED) is 0.865. The van der Waals surface area contributed by atoms with Gasteiger partial charge in [0.2, 0.25) is 5.28 Å². The number of nitrogens with zero attached hydrogens (tertiary/aromatic N) is 3. The van der Waals surface area contributed by atoms with E-state index in [1.807, 2.05) is 0 Å². The second-order valence-electron chi connectivity index (χ2n) is 5.37. The number of rotatable bonds is 3. The van der Waals surface area contributed by atoms with Crippen molar-refractivity contribution in [2.75, 3.05) is 18.0 Å². The van der Waals surface area contributed by atoms with Gasteiger partial charge in [0.25, 0.3) is 0 Å². The van der Waals surface area contributed by atoms with Crippen molar-refractivity contribution in [3.8, 4) is 0 Å². The molecule has 1 saturated heterocycles. The van der Waals surface area contributed by atoms with E-state index in [9.17, 15) is 18.0 Å². The Morgan fingerprint density at radius 1 is 1.38 bits per heavy atom. The van der Waals surface area contributed by atoms with Gasteiger partial charge in [-0.3, -0.25) is 4.79 Å². The van der Waals surface area contributed by atoms with Crippen LogP contribution in [0.3, 0.4) is 0 Å². The molecule has 0 amide bonds. The molecule has 0 radical (unpaired) electrons. The van der Waals surface area contributed by atoms with Gasteiger partial charge in [-0.2, -0.15) is 13.2 Å². The van der Waals surface area contributed by atoms with Crippen LogP contribution in [-0.4, -0.2) is 34.1 Å². The molecule has 1 saturated carbocycles. The predicted octanol–water partition coefficient (Wildman–Crippen LogP) is 2.31. The Labute approximate surface area is 122 Å². The highest BCUT2D eigenvalue weighted by atomic mass is 35.5. The van der Waals surface area contributed by atoms with Crippen molar-refractivity contribution in [1.82, 2.24) is 9.97 Å². The molecule has 1 aromatic rings. The van der Waals surface area contributed by atoms with E-state index >= 15 is 0 Å². The molecule has 0 bridgehead atoms. The molecule has 114 valence electrons. The number of aromatic nitrogens is 2. The van der Waals surface area contributed by atoms with Crippen LogP contribution in [0.25, 0.3) is 0 Å². The number of carboxylic acid groups (broad SMARTS) is 1. The SMILES string of the molecule is O=C(O)CC1[C@H]2CN(c3cc(C(F)(F)F)nc(Cl)n3)C[C@@H]12. The van der Waals surface area contributed by atoms with Crippen LogP contribution in [0, 0.1) is 17.8 Å². The minimum absolute atomic E-state index is 0.113. The molecule has 1 aromatic heterocycles. The first-order valence-electron chi connectivity index (χ1n) is 6.34. The lowest BCUT2D eigenvalue weighted by atomic mass is 10.2. The Balaban J connectivity index is 1.73. The molecular formula is C12H11ClF3N3O2.